The van der Waals surface area contributed by atoms with Crippen LogP contribution < -0.4 is 10.6 Å². The topological polar surface area (TPSA) is 71.3 Å². The van der Waals surface area contributed by atoms with Crippen molar-refractivity contribution in [3.8, 4) is 0 Å². The van der Waals surface area contributed by atoms with E-state index in [1.165, 1.54) is 6.42 Å². The summed E-state index contributed by atoms with van der Waals surface area (Å²) in [6.07, 6.45) is 6.87. The molecule has 0 aliphatic heterocycles. The van der Waals surface area contributed by atoms with Crippen LogP contribution in [0.3, 0.4) is 0 Å². The van der Waals surface area contributed by atoms with Gasteiger partial charge in [0.15, 0.2) is 0 Å². The van der Waals surface area contributed by atoms with Crippen molar-refractivity contribution < 1.29 is 14.0 Å². The molecule has 0 radical (unpaired) electrons. The Kier molecular flexibility index (Phi) is 6.88. The molecule has 24 heavy (non-hydrogen) atoms. The highest BCUT2D eigenvalue weighted by molar-refractivity contribution is 5.88. The third-order valence-electron chi connectivity index (χ3n) is 5.06. The molecule has 2 N–H and O–H groups in total. The van der Waals surface area contributed by atoms with Crippen LogP contribution >= 0.6 is 0 Å². The van der Waals surface area contributed by atoms with E-state index < -0.39 is 6.04 Å². The minimum Gasteiger partial charge on any atom is -0.467 e. The zero-order valence-electron chi connectivity index (χ0n) is 15.0. The molecule has 1 saturated carbocycles. The van der Waals surface area contributed by atoms with E-state index in [0.717, 1.165) is 31.6 Å². The Morgan fingerprint density at radius 1 is 1.25 bits per heavy atom. The fourth-order valence-corrected chi connectivity index (χ4v) is 3.34. The second-order valence-corrected chi connectivity index (χ2v) is 7.15. The van der Waals surface area contributed by atoms with Crippen LogP contribution in [-0.2, 0) is 16.1 Å². The summed E-state index contributed by atoms with van der Waals surface area (Å²) >= 11 is 0. The molecule has 0 spiro atoms. The van der Waals surface area contributed by atoms with E-state index in [0.29, 0.717) is 12.3 Å². The maximum atomic E-state index is 12.5. The van der Waals surface area contributed by atoms with Crippen molar-refractivity contribution in [1.82, 2.24) is 10.6 Å². The lowest BCUT2D eigenvalue weighted by molar-refractivity contribution is -0.133. The smallest absolute Gasteiger partial charge is 0.243 e. The molecule has 134 valence electrons. The second-order valence-electron chi connectivity index (χ2n) is 7.15. The number of carbonyl (C=O) groups excluding carboxylic acids is 2. The highest BCUT2D eigenvalue weighted by Crippen LogP contribution is 2.30. The van der Waals surface area contributed by atoms with E-state index in [2.05, 4.69) is 17.6 Å². The number of hydrogen-bond donors (Lipinski definition) is 2. The molecule has 0 unspecified atom stereocenters. The fraction of sp³-hybridized carbons (Fsp3) is 0.684. The molecule has 0 aromatic carbocycles. The summed E-state index contributed by atoms with van der Waals surface area (Å²) in [4.78, 5) is 25.0. The Morgan fingerprint density at radius 3 is 2.50 bits per heavy atom. The molecule has 1 aromatic heterocycles. The van der Waals surface area contributed by atoms with Gasteiger partial charge >= 0.3 is 0 Å². The van der Waals surface area contributed by atoms with Gasteiger partial charge in [0.1, 0.15) is 11.8 Å². The zero-order valence-corrected chi connectivity index (χ0v) is 15.0. The van der Waals surface area contributed by atoms with Crippen molar-refractivity contribution in [3.05, 3.63) is 24.2 Å². The number of amides is 2. The third-order valence-corrected chi connectivity index (χ3v) is 5.06. The monoisotopic (exact) mass is 334 g/mol. The summed E-state index contributed by atoms with van der Waals surface area (Å²) < 4.78 is 5.22. The predicted molar refractivity (Wildman–Crippen MR) is 93.1 cm³/mol. The van der Waals surface area contributed by atoms with Gasteiger partial charge in [-0.3, -0.25) is 9.59 Å². The van der Waals surface area contributed by atoms with Crippen LogP contribution in [0, 0.1) is 17.8 Å². The Bertz CT molecular complexity index is 517. The molecule has 2 rings (SSSR count). The number of furan rings is 1. The van der Waals surface area contributed by atoms with Gasteiger partial charge in [-0.1, -0.05) is 27.2 Å². The van der Waals surface area contributed by atoms with Gasteiger partial charge in [0.25, 0.3) is 0 Å². The summed E-state index contributed by atoms with van der Waals surface area (Å²) in [6.45, 7) is 6.45. The lowest BCUT2D eigenvalue weighted by Gasteiger charge is -2.29. The van der Waals surface area contributed by atoms with Crippen LogP contribution in [0.5, 0.6) is 0 Å². The summed E-state index contributed by atoms with van der Waals surface area (Å²) in [5, 5.41) is 5.81. The van der Waals surface area contributed by atoms with Crippen molar-refractivity contribution in [2.75, 3.05) is 0 Å². The van der Waals surface area contributed by atoms with Crippen LogP contribution in [0.2, 0.25) is 0 Å². The molecule has 1 aliphatic rings. The van der Waals surface area contributed by atoms with Gasteiger partial charge in [-0.05, 0) is 49.7 Å². The van der Waals surface area contributed by atoms with E-state index in [-0.39, 0.29) is 23.7 Å². The van der Waals surface area contributed by atoms with Crippen molar-refractivity contribution in [1.29, 1.82) is 0 Å². The largest absolute Gasteiger partial charge is 0.467 e. The number of nitrogens with one attached hydrogen (secondary N) is 2. The lowest BCUT2D eigenvalue weighted by atomic mass is 9.80. The van der Waals surface area contributed by atoms with Gasteiger partial charge < -0.3 is 15.1 Å². The summed E-state index contributed by atoms with van der Waals surface area (Å²) in [5.41, 5.74) is 0. The highest BCUT2D eigenvalue weighted by Gasteiger charge is 2.30. The van der Waals surface area contributed by atoms with E-state index in [1.807, 2.05) is 19.9 Å². The van der Waals surface area contributed by atoms with Crippen LogP contribution in [0.4, 0.5) is 0 Å². The van der Waals surface area contributed by atoms with Gasteiger partial charge in [0.05, 0.1) is 12.8 Å². The van der Waals surface area contributed by atoms with Crippen molar-refractivity contribution in [2.24, 2.45) is 17.8 Å². The first kappa shape index (κ1) is 18.6. The molecule has 1 aliphatic carbocycles. The molecular formula is C19H30N2O3. The molecule has 1 fully saturated rings. The lowest BCUT2D eigenvalue weighted by Crippen LogP contribution is -2.51. The third kappa shape index (κ3) is 5.11. The van der Waals surface area contributed by atoms with Crippen LogP contribution in [0.1, 0.15) is 58.6 Å². The molecule has 0 saturated heterocycles. The fourth-order valence-electron chi connectivity index (χ4n) is 3.34. The first-order chi connectivity index (χ1) is 11.5. The van der Waals surface area contributed by atoms with Gasteiger partial charge in [-0.25, -0.2) is 0 Å². The van der Waals surface area contributed by atoms with E-state index in [1.54, 1.807) is 12.3 Å². The summed E-state index contributed by atoms with van der Waals surface area (Å²) in [7, 11) is 0. The van der Waals surface area contributed by atoms with Crippen LogP contribution in [0.25, 0.3) is 0 Å². The van der Waals surface area contributed by atoms with Crippen LogP contribution in [0.15, 0.2) is 22.8 Å². The normalized spacial score (nSPS) is 22.2. The molecule has 5 heteroatoms. The molecule has 0 bridgehead atoms. The highest BCUT2D eigenvalue weighted by atomic mass is 16.3. The second kappa shape index (κ2) is 8.90. The Balaban J connectivity index is 1.85. The molecule has 1 atom stereocenters. The van der Waals surface area contributed by atoms with Crippen molar-refractivity contribution in [3.63, 3.8) is 0 Å². The number of hydrogen-bond acceptors (Lipinski definition) is 3. The first-order valence-electron chi connectivity index (χ1n) is 9.11. The molecule has 1 aromatic rings. The molecule has 5 nitrogen and oxygen atoms in total. The molecule has 2 amide bonds. The SMILES string of the molecule is CCC1CCC(C(=O)N[C@H](C(=O)NCc2ccco2)C(C)C)CC1. The quantitative estimate of drug-likeness (QED) is 0.804. The minimum atomic E-state index is -0.503. The average Bonchev–Trinajstić information content (AvgIpc) is 3.10. The standard InChI is InChI=1S/C19H30N2O3/c1-4-14-7-9-15(10-8-14)18(22)21-17(13(2)3)19(23)20-12-16-6-5-11-24-16/h5-6,11,13-15,17H,4,7-10,12H2,1-3H3,(H,20,23)(H,21,22)/t14?,15?,17-/m0/s1. The molecular weight excluding hydrogens is 304 g/mol. The van der Waals surface area contributed by atoms with E-state index >= 15 is 0 Å². The van der Waals surface area contributed by atoms with Crippen LogP contribution in [-0.4, -0.2) is 17.9 Å². The summed E-state index contributed by atoms with van der Waals surface area (Å²) in [5.74, 6) is 1.42. The maximum Gasteiger partial charge on any atom is 0.243 e. The Labute approximate surface area is 144 Å². The number of rotatable bonds is 7. The molecule has 1 heterocycles. The summed E-state index contributed by atoms with van der Waals surface area (Å²) in [6, 6.07) is 3.10. The van der Waals surface area contributed by atoms with Gasteiger partial charge in [0.2, 0.25) is 11.8 Å². The number of carbonyl (C=O) groups is 2. The predicted octanol–water partition coefficient (Wildman–Crippen LogP) is 3.25. The van der Waals surface area contributed by atoms with Gasteiger partial charge in [-0.15, -0.1) is 0 Å². The van der Waals surface area contributed by atoms with E-state index in [4.69, 9.17) is 4.42 Å². The minimum absolute atomic E-state index is 0.0244. The average molecular weight is 334 g/mol. The van der Waals surface area contributed by atoms with E-state index in [9.17, 15) is 9.59 Å². The Morgan fingerprint density at radius 2 is 1.96 bits per heavy atom. The van der Waals surface area contributed by atoms with Gasteiger partial charge in [0, 0.05) is 5.92 Å². The Hall–Kier alpha value is -1.78. The van der Waals surface area contributed by atoms with Crippen molar-refractivity contribution >= 4 is 11.8 Å². The van der Waals surface area contributed by atoms with Crippen molar-refractivity contribution in [2.45, 2.75) is 65.5 Å². The maximum absolute atomic E-state index is 12.5. The first-order valence-corrected chi connectivity index (χ1v) is 9.11. The zero-order chi connectivity index (χ0) is 17.5. The van der Waals surface area contributed by atoms with Gasteiger partial charge in [-0.2, -0.15) is 0 Å².